The Morgan fingerprint density at radius 3 is 2.94 bits per heavy atom. The van der Waals surface area contributed by atoms with Crippen LogP contribution in [0.3, 0.4) is 0 Å². The average Bonchev–Trinajstić information content (AvgIpc) is 2.84. The molecule has 2 nitrogen and oxygen atoms in total. The zero-order valence-corrected chi connectivity index (χ0v) is 12.3. The van der Waals surface area contributed by atoms with E-state index < -0.39 is 0 Å². The number of thiazole rings is 1. The van der Waals surface area contributed by atoms with Crippen molar-refractivity contribution in [2.45, 2.75) is 12.8 Å². The van der Waals surface area contributed by atoms with Gasteiger partial charge in [-0.15, -0.1) is 22.9 Å². The second kappa shape index (κ2) is 6.41. The fourth-order valence-electron chi connectivity index (χ4n) is 1.64. The quantitative estimate of drug-likeness (QED) is 0.750. The molecule has 0 spiro atoms. The molecule has 0 amide bonds. The van der Waals surface area contributed by atoms with E-state index in [2.05, 4.69) is 10.4 Å². The van der Waals surface area contributed by atoms with E-state index in [1.54, 1.807) is 24.5 Å². The van der Waals surface area contributed by atoms with Crippen molar-refractivity contribution >= 4 is 34.5 Å². The van der Waals surface area contributed by atoms with Gasteiger partial charge in [-0.05, 0) is 31.0 Å². The van der Waals surface area contributed by atoms with Crippen molar-refractivity contribution < 1.29 is 4.74 Å². The van der Waals surface area contributed by atoms with E-state index in [-0.39, 0.29) is 0 Å². The third kappa shape index (κ3) is 3.16. The minimum absolute atomic E-state index is 0.662. The summed E-state index contributed by atoms with van der Waals surface area (Å²) in [6.45, 7) is 0. The van der Waals surface area contributed by atoms with Crippen molar-refractivity contribution in [2.75, 3.05) is 13.0 Å². The summed E-state index contributed by atoms with van der Waals surface area (Å²) in [7, 11) is 1.64. The van der Waals surface area contributed by atoms with Gasteiger partial charge in [-0.25, -0.2) is 4.98 Å². The Labute approximate surface area is 121 Å². The molecular formula is C13H13Cl2NOS. The molecule has 18 heavy (non-hydrogen) atoms. The van der Waals surface area contributed by atoms with Crippen LogP contribution in [-0.4, -0.2) is 18.0 Å². The van der Waals surface area contributed by atoms with Crippen LogP contribution in [0.5, 0.6) is 5.75 Å². The normalized spacial score (nSPS) is 10.6. The maximum absolute atomic E-state index is 5.95. The highest BCUT2D eigenvalue weighted by molar-refractivity contribution is 7.13. The van der Waals surface area contributed by atoms with E-state index in [1.165, 1.54) is 0 Å². The Balaban J connectivity index is 2.28. The van der Waals surface area contributed by atoms with E-state index >= 15 is 0 Å². The predicted octanol–water partition coefficient (Wildman–Crippen LogP) is 4.64. The van der Waals surface area contributed by atoms with Crippen LogP contribution in [0.15, 0.2) is 23.6 Å². The SMILES string of the molecule is COc1cc(Cl)ccc1-c1nc(CCCCl)cs1. The van der Waals surface area contributed by atoms with Crippen LogP contribution in [0.2, 0.25) is 5.02 Å². The van der Waals surface area contributed by atoms with E-state index in [4.69, 9.17) is 27.9 Å². The van der Waals surface area contributed by atoms with Gasteiger partial charge in [0.05, 0.1) is 18.4 Å². The second-order valence-corrected chi connectivity index (χ2v) is 5.45. The standard InChI is InChI=1S/C13H13Cl2NOS/c1-17-12-7-9(15)4-5-11(12)13-16-10(8-18-13)3-2-6-14/h4-5,7-8H,2-3,6H2,1H3. The smallest absolute Gasteiger partial charge is 0.130 e. The van der Waals surface area contributed by atoms with E-state index in [0.717, 1.165) is 34.9 Å². The summed E-state index contributed by atoms with van der Waals surface area (Å²) < 4.78 is 5.33. The van der Waals surface area contributed by atoms with Gasteiger partial charge in [0.2, 0.25) is 0 Å². The molecule has 0 atom stereocenters. The highest BCUT2D eigenvalue weighted by Gasteiger charge is 2.10. The first-order chi connectivity index (χ1) is 8.74. The Morgan fingerprint density at radius 2 is 2.22 bits per heavy atom. The summed E-state index contributed by atoms with van der Waals surface area (Å²) in [6, 6.07) is 5.58. The van der Waals surface area contributed by atoms with Crippen LogP contribution in [0, 0.1) is 0 Å². The lowest BCUT2D eigenvalue weighted by atomic mass is 10.2. The zero-order valence-electron chi connectivity index (χ0n) is 9.95. The van der Waals surface area contributed by atoms with Crippen LogP contribution in [0.4, 0.5) is 0 Å². The van der Waals surface area contributed by atoms with Crippen LogP contribution < -0.4 is 4.74 Å². The third-order valence-corrected chi connectivity index (χ3v) is 3.94. The number of aryl methyl sites for hydroxylation is 1. The monoisotopic (exact) mass is 301 g/mol. The van der Waals surface area contributed by atoms with Crippen LogP contribution in [0.25, 0.3) is 10.6 Å². The summed E-state index contributed by atoms with van der Waals surface area (Å²) in [6.07, 6.45) is 1.86. The number of nitrogens with zero attached hydrogens (tertiary/aromatic N) is 1. The fraction of sp³-hybridized carbons (Fsp3) is 0.308. The molecule has 96 valence electrons. The second-order valence-electron chi connectivity index (χ2n) is 3.78. The molecule has 2 rings (SSSR count). The molecule has 0 radical (unpaired) electrons. The molecule has 0 bridgehead atoms. The molecule has 0 aliphatic carbocycles. The van der Waals surface area contributed by atoms with Gasteiger partial charge in [0.25, 0.3) is 0 Å². The van der Waals surface area contributed by atoms with Crippen LogP contribution in [-0.2, 0) is 6.42 Å². The summed E-state index contributed by atoms with van der Waals surface area (Å²) in [4.78, 5) is 4.59. The molecule has 2 aromatic rings. The molecule has 0 N–H and O–H groups in total. The number of alkyl halides is 1. The van der Waals surface area contributed by atoms with Crippen LogP contribution in [0.1, 0.15) is 12.1 Å². The maximum Gasteiger partial charge on any atom is 0.130 e. The summed E-state index contributed by atoms with van der Waals surface area (Å²) in [5.41, 5.74) is 2.05. The predicted molar refractivity (Wildman–Crippen MR) is 78.2 cm³/mol. The van der Waals surface area contributed by atoms with Crippen molar-refractivity contribution in [3.63, 3.8) is 0 Å². The Morgan fingerprint density at radius 1 is 1.39 bits per heavy atom. The lowest BCUT2D eigenvalue weighted by molar-refractivity contribution is 0.416. The number of ether oxygens (including phenoxy) is 1. The lowest BCUT2D eigenvalue weighted by Crippen LogP contribution is -1.89. The average molecular weight is 302 g/mol. The molecule has 0 fully saturated rings. The van der Waals surface area contributed by atoms with E-state index in [9.17, 15) is 0 Å². The molecule has 5 heteroatoms. The van der Waals surface area contributed by atoms with Gasteiger partial charge in [0.15, 0.2) is 0 Å². The Hall–Kier alpha value is -0.770. The van der Waals surface area contributed by atoms with E-state index in [1.807, 2.05) is 12.1 Å². The van der Waals surface area contributed by atoms with Crippen molar-refractivity contribution in [1.29, 1.82) is 0 Å². The van der Waals surface area contributed by atoms with Crippen molar-refractivity contribution in [3.05, 3.63) is 34.3 Å². The first-order valence-electron chi connectivity index (χ1n) is 5.59. The fourth-order valence-corrected chi connectivity index (χ4v) is 2.81. The number of benzene rings is 1. The number of hydrogen-bond acceptors (Lipinski definition) is 3. The number of aromatic nitrogens is 1. The molecule has 1 aromatic carbocycles. The molecule has 1 aromatic heterocycles. The molecular weight excluding hydrogens is 289 g/mol. The van der Waals surface area contributed by atoms with Crippen molar-refractivity contribution in [3.8, 4) is 16.3 Å². The minimum atomic E-state index is 0.662. The molecule has 0 aliphatic heterocycles. The van der Waals surface area contributed by atoms with E-state index in [0.29, 0.717) is 10.9 Å². The summed E-state index contributed by atoms with van der Waals surface area (Å²) in [5.74, 6) is 1.41. The largest absolute Gasteiger partial charge is 0.496 e. The molecule has 0 aliphatic rings. The topological polar surface area (TPSA) is 22.1 Å². The van der Waals surface area contributed by atoms with Crippen molar-refractivity contribution in [1.82, 2.24) is 4.98 Å². The number of rotatable bonds is 5. The molecule has 1 heterocycles. The van der Waals surface area contributed by atoms with Gasteiger partial charge in [0, 0.05) is 16.3 Å². The highest BCUT2D eigenvalue weighted by atomic mass is 35.5. The van der Waals surface area contributed by atoms with Gasteiger partial charge in [0.1, 0.15) is 10.8 Å². The van der Waals surface area contributed by atoms with Gasteiger partial charge in [-0.3, -0.25) is 0 Å². The van der Waals surface area contributed by atoms with Gasteiger partial charge >= 0.3 is 0 Å². The van der Waals surface area contributed by atoms with Gasteiger partial charge < -0.3 is 4.74 Å². The lowest BCUT2D eigenvalue weighted by Gasteiger charge is -2.05. The number of methoxy groups -OCH3 is 1. The summed E-state index contributed by atoms with van der Waals surface area (Å²) >= 11 is 13.2. The number of halogens is 2. The van der Waals surface area contributed by atoms with Crippen molar-refractivity contribution in [2.24, 2.45) is 0 Å². The molecule has 0 saturated carbocycles. The molecule has 0 saturated heterocycles. The maximum atomic E-state index is 5.95. The molecule has 0 unspecified atom stereocenters. The Bertz CT molecular complexity index is 527. The Kier molecular flexibility index (Phi) is 4.87. The third-order valence-electron chi connectivity index (χ3n) is 2.51. The highest BCUT2D eigenvalue weighted by Crippen LogP contribution is 2.34. The first-order valence-corrected chi connectivity index (χ1v) is 7.38. The first kappa shape index (κ1) is 13.7. The van der Waals surface area contributed by atoms with Crippen LogP contribution >= 0.6 is 34.5 Å². The van der Waals surface area contributed by atoms with Gasteiger partial charge in [-0.1, -0.05) is 11.6 Å². The van der Waals surface area contributed by atoms with Gasteiger partial charge in [-0.2, -0.15) is 0 Å². The zero-order chi connectivity index (χ0) is 13.0. The minimum Gasteiger partial charge on any atom is -0.496 e. The summed E-state index contributed by atoms with van der Waals surface area (Å²) in [5, 5.41) is 3.68. The number of hydrogen-bond donors (Lipinski definition) is 0.